The molecule has 1 fully saturated rings. The van der Waals surface area contributed by atoms with Crippen LogP contribution < -0.4 is 0 Å². The predicted molar refractivity (Wildman–Crippen MR) is 107 cm³/mol. The summed E-state index contributed by atoms with van der Waals surface area (Å²) in [6, 6.07) is 17.9. The molecule has 1 heterocycles. The first kappa shape index (κ1) is 19.2. The number of carbonyl (C=O) groups excluding carboxylic acids is 2. The van der Waals surface area contributed by atoms with Crippen LogP contribution in [0.4, 0.5) is 0 Å². The van der Waals surface area contributed by atoms with Crippen LogP contribution in [0, 0.1) is 0 Å². The fourth-order valence-electron chi connectivity index (χ4n) is 3.62. The second-order valence-corrected chi connectivity index (χ2v) is 7.12. The number of rotatable bonds is 5. The molecular formula is C23H28N2O2. The van der Waals surface area contributed by atoms with Gasteiger partial charge < -0.3 is 9.80 Å². The molecule has 0 saturated carbocycles. The first-order valence-corrected chi connectivity index (χ1v) is 9.84. The lowest BCUT2D eigenvalue weighted by Gasteiger charge is -2.31. The molecule has 1 saturated heterocycles. The highest BCUT2D eigenvalue weighted by atomic mass is 16.2. The Labute approximate surface area is 161 Å². The Bertz CT molecular complexity index is 771. The van der Waals surface area contributed by atoms with E-state index >= 15 is 0 Å². The van der Waals surface area contributed by atoms with Crippen molar-refractivity contribution in [1.82, 2.24) is 9.80 Å². The molecule has 0 unspecified atom stereocenters. The molecule has 2 aromatic carbocycles. The number of hydrogen-bond donors (Lipinski definition) is 0. The largest absolute Gasteiger partial charge is 0.336 e. The van der Waals surface area contributed by atoms with Gasteiger partial charge in [-0.1, -0.05) is 56.3 Å². The summed E-state index contributed by atoms with van der Waals surface area (Å²) in [4.78, 5) is 29.5. The quantitative estimate of drug-likeness (QED) is 0.807. The van der Waals surface area contributed by atoms with Gasteiger partial charge >= 0.3 is 0 Å². The van der Waals surface area contributed by atoms with E-state index in [1.807, 2.05) is 64.4 Å². The summed E-state index contributed by atoms with van der Waals surface area (Å²) in [6.45, 7) is 5.86. The summed E-state index contributed by atoms with van der Waals surface area (Å²) in [5.41, 5.74) is 3.04. The lowest BCUT2D eigenvalue weighted by molar-refractivity contribution is -0.133. The SMILES string of the molecule is CCc1ccc(C(=O)N2CCC(=O)N(Cc3ccccc3)[C@@H](CC)C2)cc1. The predicted octanol–water partition coefficient (Wildman–Crippen LogP) is 3.90. The molecule has 0 aliphatic carbocycles. The summed E-state index contributed by atoms with van der Waals surface area (Å²) in [5.74, 6) is 0.146. The Morgan fingerprint density at radius 2 is 1.70 bits per heavy atom. The summed E-state index contributed by atoms with van der Waals surface area (Å²) < 4.78 is 0. The molecule has 27 heavy (non-hydrogen) atoms. The number of amides is 2. The van der Waals surface area contributed by atoms with Gasteiger partial charge in [-0.15, -0.1) is 0 Å². The van der Waals surface area contributed by atoms with Crippen molar-refractivity contribution < 1.29 is 9.59 Å². The van der Waals surface area contributed by atoms with Crippen molar-refractivity contribution in [3.05, 3.63) is 71.3 Å². The Balaban J connectivity index is 1.76. The van der Waals surface area contributed by atoms with Crippen LogP contribution >= 0.6 is 0 Å². The van der Waals surface area contributed by atoms with Gasteiger partial charge in [0.2, 0.25) is 5.91 Å². The minimum atomic E-state index is 0.0189. The van der Waals surface area contributed by atoms with Crippen molar-refractivity contribution in [2.24, 2.45) is 0 Å². The van der Waals surface area contributed by atoms with Gasteiger partial charge in [-0.25, -0.2) is 0 Å². The maximum atomic E-state index is 13.0. The Morgan fingerprint density at radius 1 is 1.00 bits per heavy atom. The Hall–Kier alpha value is -2.62. The molecule has 142 valence electrons. The molecule has 0 aromatic heterocycles. The highest BCUT2D eigenvalue weighted by Gasteiger charge is 2.31. The topological polar surface area (TPSA) is 40.6 Å². The highest BCUT2D eigenvalue weighted by molar-refractivity contribution is 5.94. The van der Waals surface area contributed by atoms with E-state index in [1.54, 1.807) is 0 Å². The number of carbonyl (C=O) groups is 2. The van der Waals surface area contributed by atoms with Crippen molar-refractivity contribution in [3.8, 4) is 0 Å². The minimum absolute atomic E-state index is 0.0189. The zero-order valence-electron chi connectivity index (χ0n) is 16.2. The molecule has 1 aliphatic heterocycles. The van der Waals surface area contributed by atoms with E-state index in [0.29, 0.717) is 31.6 Å². The Morgan fingerprint density at radius 3 is 2.33 bits per heavy atom. The average Bonchev–Trinajstić information content (AvgIpc) is 2.87. The third-order valence-corrected chi connectivity index (χ3v) is 5.35. The van der Waals surface area contributed by atoms with Crippen LogP contribution in [0.1, 0.15) is 48.2 Å². The van der Waals surface area contributed by atoms with Crippen LogP contribution in [0.25, 0.3) is 0 Å². The third-order valence-electron chi connectivity index (χ3n) is 5.35. The molecule has 3 rings (SSSR count). The van der Waals surface area contributed by atoms with Crippen LogP contribution in [0.2, 0.25) is 0 Å². The van der Waals surface area contributed by atoms with Crippen molar-refractivity contribution >= 4 is 11.8 Å². The molecule has 0 N–H and O–H groups in total. The van der Waals surface area contributed by atoms with Gasteiger partial charge in [0.25, 0.3) is 5.91 Å². The third kappa shape index (κ3) is 4.57. The number of hydrogen-bond acceptors (Lipinski definition) is 2. The van der Waals surface area contributed by atoms with Crippen LogP contribution in [0.15, 0.2) is 54.6 Å². The minimum Gasteiger partial charge on any atom is -0.336 e. The monoisotopic (exact) mass is 364 g/mol. The zero-order valence-corrected chi connectivity index (χ0v) is 16.2. The van der Waals surface area contributed by atoms with Crippen molar-refractivity contribution in [1.29, 1.82) is 0 Å². The summed E-state index contributed by atoms with van der Waals surface area (Å²) in [6.07, 6.45) is 2.16. The highest BCUT2D eigenvalue weighted by Crippen LogP contribution is 2.19. The molecule has 0 bridgehead atoms. The van der Waals surface area contributed by atoms with E-state index in [4.69, 9.17) is 0 Å². The maximum absolute atomic E-state index is 13.0. The van der Waals surface area contributed by atoms with Crippen molar-refractivity contribution in [2.75, 3.05) is 13.1 Å². The van der Waals surface area contributed by atoms with Crippen LogP contribution in [-0.4, -0.2) is 40.7 Å². The number of nitrogens with zero attached hydrogens (tertiary/aromatic N) is 2. The van der Waals surface area contributed by atoms with Gasteiger partial charge in [0.15, 0.2) is 0 Å². The molecular weight excluding hydrogens is 336 g/mol. The molecule has 0 spiro atoms. The van der Waals surface area contributed by atoms with E-state index in [1.165, 1.54) is 5.56 Å². The normalized spacial score (nSPS) is 17.7. The lowest BCUT2D eigenvalue weighted by atomic mass is 10.1. The molecule has 4 nitrogen and oxygen atoms in total. The Kier molecular flexibility index (Phi) is 6.28. The second kappa shape index (κ2) is 8.85. The molecule has 1 aliphatic rings. The zero-order chi connectivity index (χ0) is 19.2. The molecule has 4 heteroatoms. The lowest BCUT2D eigenvalue weighted by Crippen LogP contribution is -2.43. The molecule has 2 amide bonds. The first-order chi connectivity index (χ1) is 13.1. The van der Waals surface area contributed by atoms with Crippen LogP contribution in [-0.2, 0) is 17.8 Å². The van der Waals surface area contributed by atoms with E-state index in [2.05, 4.69) is 13.8 Å². The summed E-state index contributed by atoms with van der Waals surface area (Å²) in [7, 11) is 0. The van der Waals surface area contributed by atoms with Crippen LogP contribution in [0.3, 0.4) is 0 Å². The van der Waals surface area contributed by atoms with Crippen molar-refractivity contribution in [3.63, 3.8) is 0 Å². The van der Waals surface area contributed by atoms with Gasteiger partial charge in [-0.2, -0.15) is 0 Å². The summed E-state index contributed by atoms with van der Waals surface area (Å²) >= 11 is 0. The summed E-state index contributed by atoms with van der Waals surface area (Å²) in [5, 5.41) is 0. The van der Waals surface area contributed by atoms with E-state index in [0.717, 1.165) is 18.4 Å². The second-order valence-electron chi connectivity index (χ2n) is 7.12. The standard InChI is InChI=1S/C23H28N2O2/c1-3-18-10-12-20(13-11-18)23(27)24-15-14-22(26)25(21(4-2)17-24)16-19-8-6-5-7-9-19/h5-13,21H,3-4,14-17H2,1-2H3/t21-/m0/s1. The number of benzene rings is 2. The van der Waals surface area contributed by atoms with Gasteiger partial charge in [0.05, 0.1) is 0 Å². The van der Waals surface area contributed by atoms with E-state index in [-0.39, 0.29) is 17.9 Å². The number of aryl methyl sites for hydroxylation is 1. The van der Waals surface area contributed by atoms with E-state index < -0.39 is 0 Å². The van der Waals surface area contributed by atoms with Crippen molar-refractivity contribution in [2.45, 2.75) is 45.7 Å². The molecule has 1 atom stereocenters. The first-order valence-electron chi connectivity index (χ1n) is 9.84. The maximum Gasteiger partial charge on any atom is 0.253 e. The van der Waals surface area contributed by atoms with Crippen LogP contribution in [0.5, 0.6) is 0 Å². The fourth-order valence-corrected chi connectivity index (χ4v) is 3.62. The molecule has 2 aromatic rings. The van der Waals surface area contributed by atoms with Gasteiger partial charge in [-0.3, -0.25) is 9.59 Å². The fraction of sp³-hybridized carbons (Fsp3) is 0.391. The molecule has 0 radical (unpaired) electrons. The average molecular weight is 364 g/mol. The smallest absolute Gasteiger partial charge is 0.253 e. The van der Waals surface area contributed by atoms with Gasteiger partial charge in [0.1, 0.15) is 0 Å². The van der Waals surface area contributed by atoms with Gasteiger partial charge in [0, 0.05) is 37.7 Å². The van der Waals surface area contributed by atoms with Gasteiger partial charge in [-0.05, 0) is 36.1 Å². The van der Waals surface area contributed by atoms with E-state index in [9.17, 15) is 9.59 Å².